The summed E-state index contributed by atoms with van der Waals surface area (Å²) < 4.78 is 10.3. The molecule has 0 saturated heterocycles. The number of aromatic nitrogens is 2. The first-order valence-corrected chi connectivity index (χ1v) is 6.27. The van der Waals surface area contributed by atoms with Gasteiger partial charge in [-0.3, -0.25) is 0 Å². The third-order valence-electron chi connectivity index (χ3n) is 3.39. The first-order chi connectivity index (χ1) is 9.33. The van der Waals surface area contributed by atoms with Gasteiger partial charge in [0.1, 0.15) is 11.9 Å². The van der Waals surface area contributed by atoms with Crippen molar-refractivity contribution in [2.75, 3.05) is 0 Å². The van der Waals surface area contributed by atoms with Crippen LogP contribution in [-0.4, -0.2) is 4.57 Å². The molecule has 0 bridgehead atoms. The zero-order chi connectivity index (χ0) is 12.8. The Hall–Kier alpha value is -2.55. The molecule has 3 aromatic rings. The molecule has 2 aromatic carbocycles. The van der Waals surface area contributed by atoms with E-state index in [0.717, 1.165) is 28.4 Å². The van der Waals surface area contributed by atoms with Crippen molar-refractivity contribution < 1.29 is 9.30 Å². The summed E-state index contributed by atoms with van der Waals surface area (Å²) in [5.74, 6) is 1.78. The molecule has 3 nitrogen and oxygen atoms in total. The van der Waals surface area contributed by atoms with Crippen molar-refractivity contribution in [1.82, 2.24) is 4.57 Å². The molecule has 0 atom stereocenters. The van der Waals surface area contributed by atoms with Gasteiger partial charge in [0, 0.05) is 0 Å². The number of nitrogens with zero attached hydrogens (tertiary/aromatic N) is 2. The summed E-state index contributed by atoms with van der Waals surface area (Å²) in [6.45, 7) is 0. The second kappa shape index (κ2) is 3.72. The summed E-state index contributed by atoms with van der Waals surface area (Å²) >= 11 is 0. The molecule has 0 fully saturated rings. The second-order valence-corrected chi connectivity index (χ2v) is 4.73. The number of rotatable bonds is 0. The maximum absolute atomic E-state index is 6.05. The molecule has 0 aliphatic carbocycles. The van der Waals surface area contributed by atoms with E-state index in [9.17, 15) is 0 Å². The minimum absolute atomic E-state index is 0.880. The van der Waals surface area contributed by atoms with Crippen LogP contribution in [0.3, 0.4) is 0 Å². The van der Waals surface area contributed by atoms with Crippen LogP contribution in [0.1, 0.15) is 0 Å². The molecule has 3 heteroatoms. The highest BCUT2D eigenvalue weighted by Crippen LogP contribution is 2.40. The van der Waals surface area contributed by atoms with E-state index in [-0.39, 0.29) is 0 Å². The van der Waals surface area contributed by atoms with E-state index in [1.807, 2.05) is 43.4 Å². The smallest absolute Gasteiger partial charge is 0.249 e. The van der Waals surface area contributed by atoms with Gasteiger partial charge in [0.25, 0.3) is 0 Å². The van der Waals surface area contributed by atoms with Gasteiger partial charge in [-0.15, -0.1) is 0 Å². The molecule has 0 unspecified atom stereocenters. The van der Waals surface area contributed by atoms with Crippen LogP contribution in [-0.2, 0) is 7.05 Å². The minimum atomic E-state index is 0.880. The van der Waals surface area contributed by atoms with Crippen LogP contribution in [0.4, 0.5) is 0 Å². The molecule has 1 aliphatic rings. The molecular formula is C16H13N2O+. The van der Waals surface area contributed by atoms with E-state index >= 15 is 0 Å². The lowest BCUT2D eigenvalue weighted by molar-refractivity contribution is -0.670. The fraction of sp³-hybridized carbons (Fsp3) is 0.0625. The van der Waals surface area contributed by atoms with Crippen molar-refractivity contribution in [3.8, 4) is 28.4 Å². The largest absolute Gasteiger partial charge is 0.452 e. The highest BCUT2D eigenvalue weighted by molar-refractivity contribution is 5.72. The van der Waals surface area contributed by atoms with Crippen molar-refractivity contribution in [2.45, 2.75) is 0 Å². The number of ether oxygens (including phenoxy) is 1. The van der Waals surface area contributed by atoms with Gasteiger partial charge in [-0.2, -0.15) is 4.57 Å². The third-order valence-corrected chi connectivity index (χ3v) is 3.39. The van der Waals surface area contributed by atoms with Crippen LogP contribution in [0.15, 0.2) is 61.1 Å². The maximum atomic E-state index is 6.05. The van der Waals surface area contributed by atoms with Crippen molar-refractivity contribution in [3.63, 3.8) is 0 Å². The lowest BCUT2D eigenvalue weighted by Crippen LogP contribution is -2.23. The molecular weight excluding hydrogens is 236 g/mol. The summed E-state index contributed by atoms with van der Waals surface area (Å²) in [6.07, 6.45) is 4.18. The topological polar surface area (TPSA) is 18.0 Å². The van der Waals surface area contributed by atoms with E-state index in [1.165, 1.54) is 0 Å². The van der Waals surface area contributed by atoms with Crippen LogP contribution in [0, 0.1) is 0 Å². The van der Waals surface area contributed by atoms with Gasteiger partial charge >= 0.3 is 0 Å². The number of benzene rings is 2. The van der Waals surface area contributed by atoms with Crippen LogP contribution in [0.2, 0.25) is 0 Å². The van der Waals surface area contributed by atoms with Crippen LogP contribution in [0.5, 0.6) is 11.5 Å². The number of hydrogen-bond donors (Lipinski definition) is 0. The Labute approximate surface area is 111 Å². The summed E-state index contributed by atoms with van der Waals surface area (Å²) in [7, 11) is 2.04. The molecule has 4 rings (SSSR count). The van der Waals surface area contributed by atoms with Crippen molar-refractivity contribution in [1.29, 1.82) is 0 Å². The Bertz CT molecular complexity index is 711. The van der Waals surface area contributed by atoms with Gasteiger partial charge in [0.15, 0.2) is 17.1 Å². The number of imidazole rings is 1. The first-order valence-electron chi connectivity index (χ1n) is 6.27. The highest BCUT2D eigenvalue weighted by atomic mass is 16.5. The molecule has 2 heterocycles. The van der Waals surface area contributed by atoms with E-state index in [0.29, 0.717) is 0 Å². The third kappa shape index (κ3) is 1.48. The number of fused-ring (bicyclic) bond motifs is 5. The predicted molar refractivity (Wildman–Crippen MR) is 72.5 cm³/mol. The molecule has 0 spiro atoms. The zero-order valence-corrected chi connectivity index (χ0v) is 10.6. The van der Waals surface area contributed by atoms with Gasteiger partial charge < -0.3 is 4.74 Å². The molecule has 0 amide bonds. The molecule has 0 radical (unpaired) electrons. The van der Waals surface area contributed by atoms with E-state index < -0.39 is 0 Å². The fourth-order valence-electron chi connectivity index (χ4n) is 2.55. The quantitative estimate of drug-likeness (QED) is 0.438. The molecule has 19 heavy (non-hydrogen) atoms. The van der Waals surface area contributed by atoms with Crippen LogP contribution < -0.4 is 9.30 Å². The monoisotopic (exact) mass is 249 g/mol. The Morgan fingerprint density at radius 2 is 1.68 bits per heavy atom. The Morgan fingerprint density at radius 1 is 0.947 bits per heavy atom. The Balaban J connectivity index is 2.12. The normalized spacial score (nSPS) is 11.8. The second-order valence-electron chi connectivity index (χ2n) is 4.73. The van der Waals surface area contributed by atoms with Gasteiger partial charge in [0.05, 0.1) is 12.6 Å². The highest BCUT2D eigenvalue weighted by Gasteiger charge is 2.25. The minimum Gasteiger partial charge on any atom is -0.452 e. The van der Waals surface area contributed by atoms with Gasteiger partial charge in [-0.1, -0.05) is 24.3 Å². The van der Waals surface area contributed by atoms with Crippen LogP contribution in [0.25, 0.3) is 16.9 Å². The average molecular weight is 249 g/mol. The molecule has 0 saturated carbocycles. The fourth-order valence-corrected chi connectivity index (χ4v) is 2.55. The number of hydrogen-bond acceptors (Lipinski definition) is 1. The van der Waals surface area contributed by atoms with Crippen molar-refractivity contribution in [2.24, 2.45) is 7.05 Å². The first kappa shape index (κ1) is 10.4. The van der Waals surface area contributed by atoms with Crippen LogP contribution >= 0.6 is 0 Å². The Morgan fingerprint density at radius 3 is 2.58 bits per heavy atom. The summed E-state index contributed by atoms with van der Waals surface area (Å²) in [4.78, 5) is 0. The Kier molecular flexibility index (Phi) is 2.03. The lowest BCUT2D eigenvalue weighted by Gasteiger charge is -2.05. The van der Waals surface area contributed by atoms with E-state index in [2.05, 4.69) is 33.8 Å². The van der Waals surface area contributed by atoms with Gasteiger partial charge in [-0.05, 0) is 24.3 Å². The molecule has 0 N–H and O–H groups in total. The predicted octanol–water partition coefficient (Wildman–Crippen LogP) is 3.07. The summed E-state index contributed by atoms with van der Waals surface area (Å²) in [5.41, 5.74) is 3.32. The number of aryl methyl sites for hydroxylation is 1. The van der Waals surface area contributed by atoms with Gasteiger partial charge in [-0.25, -0.2) is 4.57 Å². The average Bonchev–Trinajstić information content (AvgIpc) is 2.76. The number of para-hydroxylation sites is 3. The maximum Gasteiger partial charge on any atom is 0.249 e. The SMILES string of the molecule is C[n+]1cc2n(c1)-c1ccccc1Oc1ccccc1-2. The molecule has 1 aliphatic heterocycles. The van der Waals surface area contributed by atoms with Crippen molar-refractivity contribution in [3.05, 3.63) is 61.1 Å². The van der Waals surface area contributed by atoms with Crippen molar-refractivity contribution >= 4 is 0 Å². The summed E-state index contributed by atoms with van der Waals surface area (Å²) in [6, 6.07) is 16.2. The molecule has 92 valence electrons. The zero-order valence-electron chi connectivity index (χ0n) is 10.6. The summed E-state index contributed by atoms with van der Waals surface area (Å²) in [5, 5.41) is 0. The van der Waals surface area contributed by atoms with Gasteiger partial charge in [0.2, 0.25) is 6.33 Å². The standard InChI is InChI=1S/C16H13N2O/c1-17-10-14-12-6-2-4-8-15(12)19-16-9-5-3-7-13(16)18(14)11-17/h2-11H,1H3/q+1. The van der Waals surface area contributed by atoms with E-state index in [4.69, 9.17) is 4.74 Å². The lowest BCUT2D eigenvalue weighted by atomic mass is 10.1. The molecule has 1 aromatic heterocycles. The van der Waals surface area contributed by atoms with E-state index in [1.54, 1.807) is 0 Å².